The zero-order valence-electron chi connectivity index (χ0n) is 10.4. The third-order valence-corrected chi connectivity index (χ3v) is 2.76. The molecule has 0 radical (unpaired) electrons. The number of rotatable bonds is 4. The maximum atomic E-state index is 5.03. The van der Waals surface area contributed by atoms with E-state index >= 15 is 0 Å². The van der Waals surface area contributed by atoms with E-state index in [1.165, 1.54) is 11.1 Å². The topological polar surface area (TPSA) is 51.0 Å². The second-order valence-corrected chi connectivity index (χ2v) is 4.11. The summed E-state index contributed by atoms with van der Waals surface area (Å²) < 4.78 is 5.03. The van der Waals surface area contributed by atoms with Crippen molar-refractivity contribution >= 4 is 6.01 Å². The summed E-state index contributed by atoms with van der Waals surface area (Å²) >= 11 is 0. The summed E-state index contributed by atoms with van der Waals surface area (Å²) in [7, 11) is 0. The monoisotopic (exact) mass is 231 g/mol. The van der Waals surface area contributed by atoms with Gasteiger partial charge in [-0.2, -0.15) is 4.98 Å². The van der Waals surface area contributed by atoms with Gasteiger partial charge in [-0.1, -0.05) is 36.3 Å². The summed E-state index contributed by atoms with van der Waals surface area (Å²) in [6.07, 6.45) is 1.06. The van der Waals surface area contributed by atoms with Gasteiger partial charge in [0.15, 0.2) is 5.82 Å². The lowest BCUT2D eigenvalue weighted by atomic mass is 10.1. The molecule has 0 aliphatic carbocycles. The maximum absolute atomic E-state index is 5.03. The number of hydrogen-bond donors (Lipinski definition) is 1. The van der Waals surface area contributed by atoms with Crippen molar-refractivity contribution in [2.24, 2.45) is 0 Å². The van der Waals surface area contributed by atoms with Crippen LogP contribution >= 0.6 is 0 Å². The summed E-state index contributed by atoms with van der Waals surface area (Å²) in [6.45, 7) is 6.02. The Labute approximate surface area is 101 Å². The van der Waals surface area contributed by atoms with Crippen LogP contribution in [-0.2, 0) is 6.42 Å². The van der Waals surface area contributed by atoms with Gasteiger partial charge in [-0.15, -0.1) is 0 Å². The van der Waals surface area contributed by atoms with Gasteiger partial charge in [-0.3, -0.25) is 0 Å². The molecule has 0 spiro atoms. The van der Waals surface area contributed by atoms with Crippen molar-refractivity contribution in [1.82, 2.24) is 10.1 Å². The van der Waals surface area contributed by atoms with E-state index in [-0.39, 0.29) is 6.04 Å². The fourth-order valence-electron chi connectivity index (χ4n) is 1.67. The number of nitrogens with one attached hydrogen (secondary N) is 1. The van der Waals surface area contributed by atoms with Crippen molar-refractivity contribution in [1.29, 1.82) is 0 Å². The Balaban J connectivity index is 2.06. The fourth-order valence-corrected chi connectivity index (χ4v) is 1.67. The van der Waals surface area contributed by atoms with Gasteiger partial charge < -0.3 is 9.84 Å². The van der Waals surface area contributed by atoms with Crippen LogP contribution in [0.15, 0.2) is 28.8 Å². The lowest BCUT2D eigenvalue weighted by Crippen LogP contribution is -2.06. The average Bonchev–Trinajstić information content (AvgIpc) is 2.75. The zero-order valence-corrected chi connectivity index (χ0v) is 10.4. The first kappa shape index (κ1) is 11.6. The molecule has 0 saturated carbocycles. The molecule has 1 heterocycles. The molecule has 0 fully saturated rings. The van der Waals surface area contributed by atoms with E-state index in [2.05, 4.69) is 53.6 Å². The van der Waals surface area contributed by atoms with Gasteiger partial charge in [-0.25, -0.2) is 0 Å². The Kier molecular flexibility index (Phi) is 3.42. The number of aromatic nitrogens is 2. The maximum Gasteiger partial charge on any atom is 0.321 e. The third kappa shape index (κ3) is 2.84. The van der Waals surface area contributed by atoms with Crippen LogP contribution in [0.3, 0.4) is 0 Å². The van der Waals surface area contributed by atoms with Crippen LogP contribution in [-0.4, -0.2) is 10.1 Å². The third-order valence-electron chi connectivity index (χ3n) is 2.76. The highest BCUT2D eigenvalue weighted by Crippen LogP contribution is 2.18. The number of aryl methyl sites for hydroxylation is 2. The molecule has 90 valence electrons. The first-order valence-electron chi connectivity index (χ1n) is 5.84. The number of hydrogen-bond acceptors (Lipinski definition) is 4. The molecule has 1 unspecified atom stereocenters. The molecule has 4 heteroatoms. The summed E-state index contributed by atoms with van der Waals surface area (Å²) in [5.41, 5.74) is 2.55. The first-order valence-corrected chi connectivity index (χ1v) is 5.84. The van der Waals surface area contributed by atoms with Crippen molar-refractivity contribution in [3.63, 3.8) is 0 Å². The normalized spacial score (nSPS) is 12.4. The molecule has 17 heavy (non-hydrogen) atoms. The van der Waals surface area contributed by atoms with E-state index in [1.807, 2.05) is 0 Å². The second-order valence-electron chi connectivity index (χ2n) is 4.11. The Morgan fingerprint density at radius 2 is 2.00 bits per heavy atom. The van der Waals surface area contributed by atoms with Crippen molar-refractivity contribution in [2.75, 3.05) is 5.32 Å². The van der Waals surface area contributed by atoms with Gasteiger partial charge in [0.25, 0.3) is 0 Å². The van der Waals surface area contributed by atoms with E-state index in [0.29, 0.717) is 11.8 Å². The van der Waals surface area contributed by atoms with Crippen LogP contribution in [0.4, 0.5) is 6.01 Å². The quantitative estimate of drug-likeness (QED) is 0.878. The largest absolute Gasteiger partial charge is 0.331 e. The summed E-state index contributed by atoms with van der Waals surface area (Å²) in [5, 5.41) is 6.92. The molecule has 2 aromatic rings. The molecule has 0 saturated heterocycles. The Bertz CT molecular complexity index is 476. The minimum atomic E-state index is 0.153. The minimum Gasteiger partial charge on any atom is -0.331 e. The van der Waals surface area contributed by atoms with Crippen LogP contribution in [0, 0.1) is 6.92 Å². The highest BCUT2D eigenvalue weighted by molar-refractivity contribution is 5.30. The number of nitrogens with zero attached hydrogens (tertiary/aromatic N) is 2. The minimum absolute atomic E-state index is 0.153. The van der Waals surface area contributed by atoms with Crippen LogP contribution < -0.4 is 5.32 Å². The van der Waals surface area contributed by atoms with Gasteiger partial charge in [-0.05, 0) is 31.4 Å². The molecule has 1 aromatic heterocycles. The van der Waals surface area contributed by atoms with Gasteiger partial charge in [0.1, 0.15) is 0 Å². The Hall–Kier alpha value is -1.84. The predicted molar refractivity (Wildman–Crippen MR) is 66.9 cm³/mol. The van der Waals surface area contributed by atoms with Gasteiger partial charge in [0.05, 0.1) is 6.04 Å². The van der Waals surface area contributed by atoms with E-state index in [0.717, 1.165) is 6.42 Å². The van der Waals surface area contributed by atoms with Crippen LogP contribution in [0.25, 0.3) is 0 Å². The van der Waals surface area contributed by atoms with Crippen molar-refractivity contribution in [3.8, 4) is 0 Å². The molecule has 1 N–H and O–H groups in total. The van der Waals surface area contributed by atoms with Crippen LogP contribution in [0.1, 0.15) is 36.8 Å². The molecular weight excluding hydrogens is 214 g/mol. The van der Waals surface area contributed by atoms with Crippen molar-refractivity contribution in [2.45, 2.75) is 33.2 Å². The molecular formula is C13H17N3O. The second kappa shape index (κ2) is 4.99. The summed E-state index contributed by atoms with van der Waals surface area (Å²) in [6, 6.07) is 9.16. The van der Waals surface area contributed by atoms with E-state index in [4.69, 9.17) is 4.52 Å². The summed E-state index contributed by atoms with van der Waals surface area (Å²) in [5.74, 6) is 0.640. The molecule has 4 nitrogen and oxygen atoms in total. The van der Waals surface area contributed by atoms with Crippen LogP contribution in [0.2, 0.25) is 0 Å². The van der Waals surface area contributed by atoms with Crippen molar-refractivity contribution in [3.05, 3.63) is 41.2 Å². The smallest absolute Gasteiger partial charge is 0.321 e. The van der Waals surface area contributed by atoms with E-state index < -0.39 is 0 Å². The molecule has 1 aromatic carbocycles. The SMILES string of the molecule is CCc1ccc(C(C)Nc2nc(C)no2)cc1. The predicted octanol–water partition coefficient (Wildman–Crippen LogP) is 3.11. The first-order chi connectivity index (χ1) is 8.19. The van der Waals surface area contributed by atoms with E-state index in [9.17, 15) is 0 Å². The highest BCUT2D eigenvalue weighted by Gasteiger charge is 2.09. The highest BCUT2D eigenvalue weighted by atomic mass is 16.5. The Morgan fingerprint density at radius 1 is 1.29 bits per heavy atom. The molecule has 0 bridgehead atoms. The van der Waals surface area contributed by atoms with Gasteiger partial charge in [0, 0.05) is 0 Å². The van der Waals surface area contributed by atoms with Gasteiger partial charge >= 0.3 is 6.01 Å². The lowest BCUT2D eigenvalue weighted by molar-refractivity contribution is 0.422. The average molecular weight is 231 g/mol. The van der Waals surface area contributed by atoms with Crippen molar-refractivity contribution < 1.29 is 4.52 Å². The summed E-state index contributed by atoms with van der Waals surface area (Å²) in [4.78, 5) is 4.12. The zero-order chi connectivity index (χ0) is 12.3. The lowest BCUT2D eigenvalue weighted by Gasteiger charge is -2.12. The molecule has 1 atom stereocenters. The number of anilines is 1. The fraction of sp³-hybridized carbons (Fsp3) is 0.385. The standard InChI is InChI=1S/C13H17N3O/c1-4-11-5-7-12(8-6-11)9(2)14-13-15-10(3)16-17-13/h5-9H,4H2,1-3H3,(H,14,15,16). The number of benzene rings is 1. The molecule has 0 aliphatic rings. The van der Waals surface area contributed by atoms with E-state index in [1.54, 1.807) is 6.92 Å². The van der Waals surface area contributed by atoms with Gasteiger partial charge in [0.2, 0.25) is 0 Å². The molecule has 2 rings (SSSR count). The molecule has 0 aliphatic heterocycles. The van der Waals surface area contributed by atoms with Crippen LogP contribution in [0.5, 0.6) is 0 Å². The Morgan fingerprint density at radius 3 is 2.53 bits per heavy atom. The molecule has 0 amide bonds.